The second-order valence-electron chi connectivity index (χ2n) is 15.7. The second-order valence-corrected chi connectivity index (χ2v) is 15.7. The fraction of sp³-hybridized carbons (Fsp3) is 0.833. The Bertz CT molecular complexity index is 960. The van der Waals surface area contributed by atoms with Crippen molar-refractivity contribution in [2.75, 3.05) is 13.7 Å². The standard InChI is InChI=1S/C36H60O5/c1-25(22-31(37)40-9)12-15-28-27(3)14-17-30-34(6,19-11-20-35(28,30)7)24-41-32(38)23-26(2)13-16-29-33(4,5)18-10-21-36(29,8)39/h22,26,28-30,39H,3,10-21,23-24H2,1-2,4-9H3. The molecule has 0 aromatic heterocycles. The van der Waals surface area contributed by atoms with E-state index in [1.807, 2.05) is 13.8 Å². The number of rotatable bonds is 11. The summed E-state index contributed by atoms with van der Waals surface area (Å²) in [7, 11) is 1.42. The monoisotopic (exact) mass is 572 g/mol. The zero-order valence-electron chi connectivity index (χ0n) is 27.6. The van der Waals surface area contributed by atoms with E-state index in [1.165, 1.54) is 19.1 Å². The van der Waals surface area contributed by atoms with Crippen LogP contribution < -0.4 is 0 Å². The van der Waals surface area contributed by atoms with E-state index in [0.29, 0.717) is 24.9 Å². The van der Waals surface area contributed by atoms with Crippen LogP contribution in [-0.2, 0) is 19.1 Å². The van der Waals surface area contributed by atoms with Crippen LogP contribution in [0.2, 0.25) is 0 Å². The van der Waals surface area contributed by atoms with Crippen LogP contribution in [0.5, 0.6) is 0 Å². The molecule has 0 saturated heterocycles. The highest BCUT2D eigenvalue weighted by molar-refractivity contribution is 5.82. The average Bonchev–Trinajstić information content (AvgIpc) is 2.85. The molecule has 3 rings (SSSR count). The summed E-state index contributed by atoms with van der Waals surface area (Å²) in [6.07, 6.45) is 14.4. The molecule has 0 aromatic carbocycles. The summed E-state index contributed by atoms with van der Waals surface area (Å²) in [6, 6.07) is 0. The van der Waals surface area contributed by atoms with Gasteiger partial charge in [0.2, 0.25) is 0 Å². The van der Waals surface area contributed by atoms with E-state index in [1.54, 1.807) is 6.08 Å². The van der Waals surface area contributed by atoms with E-state index in [2.05, 4.69) is 41.2 Å². The summed E-state index contributed by atoms with van der Waals surface area (Å²) >= 11 is 0. The van der Waals surface area contributed by atoms with Gasteiger partial charge in [0, 0.05) is 17.9 Å². The van der Waals surface area contributed by atoms with E-state index in [0.717, 1.165) is 76.2 Å². The van der Waals surface area contributed by atoms with Crippen molar-refractivity contribution >= 4 is 11.9 Å². The van der Waals surface area contributed by atoms with Crippen molar-refractivity contribution in [3.63, 3.8) is 0 Å². The van der Waals surface area contributed by atoms with Crippen molar-refractivity contribution in [1.29, 1.82) is 0 Å². The van der Waals surface area contributed by atoms with Gasteiger partial charge in [0.1, 0.15) is 0 Å². The molecule has 0 aromatic rings. The lowest BCUT2D eigenvalue weighted by atomic mass is 9.47. The molecule has 3 saturated carbocycles. The number of allylic oxidation sites excluding steroid dienone is 2. The van der Waals surface area contributed by atoms with E-state index in [9.17, 15) is 14.7 Å². The van der Waals surface area contributed by atoms with E-state index in [-0.39, 0.29) is 40.0 Å². The van der Waals surface area contributed by atoms with Crippen molar-refractivity contribution in [2.24, 2.45) is 39.9 Å². The lowest BCUT2D eigenvalue weighted by molar-refractivity contribution is -0.156. The molecule has 5 nitrogen and oxygen atoms in total. The first-order valence-electron chi connectivity index (χ1n) is 16.3. The van der Waals surface area contributed by atoms with Gasteiger partial charge in [-0.1, -0.05) is 65.2 Å². The molecule has 1 N–H and O–H groups in total. The molecule has 5 heteroatoms. The average molecular weight is 573 g/mol. The Hall–Kier alpha value is -1.62. The van der Waals surface area contributed by atoms with Crippen LogP contribution in [0.25, 0.3) is 0 Å². The van der Waals surface area contributed by atoms with Gasteiger partial charge in [-0.05, 0) is 113 Å². The Morgan fingerprint density at radius 2 is 1.76 bits per heavy atom. The molecule has 41 heavy (non-hydrogen) atoms. The van der Waals surface area contributed by atoms with Crippen LogP contribution in [0, 0.1) is 39.9 Å². The predicted octanol–water partition coefficient (Wildman–Crippen LogP) is 8.59. The van der Waals surface area contributed by atoms with E-state index < -0.39 is 5.60 Å². The maximum absolute atomic E-state index is 13.1. The normalized spacial score (nSPS) is 36.3. The summed E-state index contributed by atoms with van der Waals surface area (Å²) in [6.45, 7) is 20.5. The minimum atomic E-state index is -0.621. The molecular weight excluding hydrogens is 512 g/mol. The number of carbonyl (C=O) groups is 2. The molecule has 0 heterocycles. The number of methoxy groups -OCH3 is 1. The van der Waals surface area contributed by atoms with Crippen LogP contribution in [0.3, 0.4) is 0 Å². The van der Waals surface area contributed by atoms with Crippen LogP contribution in [0.4, 0.5) is 0 Å². The van der Waals surface area contributed by atoms with Gasteiger partial charge in [0.25, 0.3) is 0 Å². The van der Waals surface area contributed by atoms with Gasteiger partial charge in [-0.15, -0.1) is 0 Å². The summed E-state index contributed by atoms with van der Waals surface area (Å²) in [5.41, 5.74) is 1.98. The largest absolute Gasteiger partial charge is 0.466 e. The van der Waals surface area contributed by atoms with Crippen LogP contribution in [0.1, 0.15) is 132 Å². The third-order valence-electron chi connectivity index (χ3n) is 11.8. The molecule has 3 aliphatic carbocycles. The fourth-order valence-corrected chi connectivity index (χ4v) is 9.43. The van der Waals surface area contributed by atoms with Gasteiger partial charge < -0.3 is 14.6 Å². The number of hydrogen-bond donors (Lipinski definition) is 1. The molecule has 0 spiro atoms. The first-order chi connectivity index (χ1) is 19.0. The SMILES string of the molecule is C=C1CCC2C(C)(COC(=O)CC(C)CCC3C(C)(C)CCCC3(C)O)CCCC2(C)C1CCC(C)=CC(=O)OC. The van der Waals surface area contributed by atoms with E-state index >= 15 is 0 Å². The molecule has 7 unspecified atom stereocenters. The van der Waals surface area contributed by atoms with Crippen molar-refractivity contribution < 1.29 is 24.2 Å². The third-order valence-corrected chi connectivity index (χ3v) is 11.8. The minimum Gasteiger partial charge on any atom is -0.466 e. The molecule has 3 fully saturated rings. The Labute approximate surface area is 250 Å². The van der Waals surface area contributed by atoms with Crippen molar-refractivity contribution in [3.05, 3.63) is 23.8 Å². The summed E-state index contributed by atoms with van der Waals surface area (Å²) < 4.78 is 10.9. The molecular formula is C36H60O5. The predicted molar refractivity (Wildman–Crippen MR) is 166 cm³/mol. The third kappa shape index (κ3) is 8.06. The quantitative estimate of drug-likeness (QED) is 0.152. The Morgan fingerprint density at radius 1 is 1.07 bits per heavy atom. The molecule has 3 aliphatic rings. The minimum absolute atomic E-state index is 0.0351. The molecule has 0 aliphatic heterocycles. The van der Waals surface area contributed by atoms with E-state index in [4.69, 9.17) is 9.47 Å². The van der Waals surface area contributed by atoms with Crippen molar-refractivity contribution in [3.8, 4) is 0 Å². The number of fused-ring (bicyclic) bond motifs is 1. The van der Waals surface area contributed by atoms with Gasteiger partial charge in [-0.3, -0.25) is 4.79 Å². The second kappa shape index (κ2) is 13.3. The molecule has 0 amide bonds. The summed E-state index contributed by atoms with van der Waals surface area (Å²) in [5.74, 6) is 1.00. The van der Waals surface area contributed by atoms with Gasteiger partial charge in [0.15, 0.2) is 0 Å². The highest BCUT2D eigenvalue weighted by atomic mass is 16.5. The molecule has 0 radical (unpaired) electrons. The van der Waals surface area contributed by atoms with Gasteiger partial charge in [0.05, 0.1) is 19.3 Å². The van der Waals surface area contributed by atoms with Gasteiger partial charge >= 0.3 is 11.9 Å². The number of aliphatic hydroxyl groups is 1. The van der Waals surface area contributed by atoms with Crippen LogP contribution in [-0.4, -0.2) is 36.4 Å². The molecule has 234 valence electrons. The molecule has 0 bridgehead atoms. The summed E-state index contributed by atoms with van der Waals surface area (Å²) in [4.78, 5) is 24.8. The first-order valence-corrected chi connectivity index (χ1v) is 16.3. The maximum Gasteiger partial charge on any atom is 0.330 e. The van der Waals surface area contributed by atoms with Crippen LogP contribution in [0.15, 0.2) is 23.8 Å². The Kier molecular flexibility index (Phi) is 11.0. The zero-order chi connectivity index (χ0) is 30.6. The topological polar surface area (TPSA) is 72.8 Å². The Morgan fingerprint density at radius 3 is 2.41 bits per heavy atom. The maximum atomic E-state index is 13.1. The highest BCUT2D eigenvalue weighted by Gasteiger charge is 2.54. The number of hydrogen-bond acceptors (Lipinski definition) is 5. The van der Waals surface area contributed by atoms with Gasteiger partial charge in [-0.25, -0.2) is 4.79 Å². The fourth-order valence-electron chi connectivity index (χ4n) is 9.43. The molecule has 7 atom stereocenters. The van der Waals surface area contributed by atoms with Crippen molar-refractivity contribution in [2.45, 2.75) is 138 Å². The van der Waals surface area contributed by atoms with Crippen LogP contribution >= 0.6 is 0 Å². The lowest BCUT2D eigenvalue weighted by Crippen LogP contribution is -2.52. The first kappa shape index (κ1) is 33.9. The summed E-state index contributed by atoms with van der Waals surface area (Å²) in [5, 5.41) is 11.1. The Balaban J connectivity index is 1.57. The van der Waals surface area contributed by atoms with Gasteiger partial charge in [-0.2, -0.15) is 0 Å². The van der Waals surface area contributed by atoms with Crippen molar-refractivity contribution in [1.82, 2.24) is 0 Å². The highest BCUT2D eigenvalue weighted by Crippen LogP contribution is 2.62. The number of esters is 2. The lowest BCUT2D eigenvalue weighted by Gasteiger charge is -2.58. The zero-order valence-corrected chi connectivity index (χ0v) is 27.6. The number of ether oxygens (including phenoxy) is 2. The smallest absolute Gasteiger partial charge is 0.330 e. The number of carbonyl (C=O) groups excluding carboxylic acids is 2.